The van der Waals surface area contributed by atoms with E-state index in [0.717, 1.165) is 11.1 Å². The highest BCUT2D eigenvalue weighted by Crippen LogP contribution is 2.49. The van der Waals surface area contributed by atoms with Gasteiger partial charge in [-0.15, -0.1) is 0 Å². The molecule has 0 N–H and O–H groups in total. The largest absolute Gasteiger partial charge is 0.253 e. The number of pyridine rings is 2. The summed E-state index contributed by atoms with van der Waals surface area (Å²) in [7, 11) is 0. The highest BCUT2D eigenvalue weighted by atomic mass is 15.1. The predicted molar refractivity (Wildman–Crippen MR) is 159 cm³/mol. The van der Waals surface area contributed by atoms with E-state index in [-0.39, 0.29) is 5.41 Å². The van der Waals surface area contributed by atoms with Gasteiger partial charge in [-0.25, -0.2) is 15.0 Å². The molecule has 0 spiro atoms. The second kappa shape index (κ2) is 9.31. The Kier molecular flexibility index (Phi) is 5.60. The summed E-state index contributed by atoms with van der Waals surface area (Å²) < 4.78 is 0. The van der Waals surface area contributed by atoms with E-state index in [2.05, 4.69) is 91.4 Å². The average Bonchev–Trinajstić information content (AvgIpc) is 3.24. The van der Waals surface area contributed by atoms with Gasteiger partial charge in [0.2, 0.25) is 0 Å². The minimum Gasteiger partial charge on any atom is -0.253 e. The molecule has 0 fully saturated rings. The smallest absolute Gasteiger partial charge is 0.182 e. The van der Waals surface area contributed by atoms with E-state index < -0.39 is 0 Å². The Bertz CT molecular complexity index is 1820. The quantitative estimate of drug-likeness (QED) is 0.237. The molecule has 0 bridgehead atoms. The minimum absolute atomic E-state index is 0.0373. The number of benzene rings is 3. The van der Waals surface area contributed by atoms with Gasteiger partial charge in [0.25, 0.3) is 0 Å². The zero-order valence-corrected chi connectivity index (χ0v) is 22.6. The van der Waals surface area contributed by atoms with Crippen molar-refractivity contribution in [3.05, 3.63) is 126 Å². The maximum Gasteiger partial charge on any atom is 0.182 e. The van der Waals surface area contributed by atoms with E-state index in [1.165, 1.54) is 33.4 Å². The highest BCUT2D eigenvalue weighted by molar-refractivity contribution is 5.84. The Morgan fingerprint density at radius 3 is 1.73 bits per heavy atom. The number of rotatable bonds is 4. The molecule has 0 atom stereocenters. The maximum absolute atomic E-state index is 4.82. The van der Waals surface area contributed by atoms with Crippen molar-refractivity contribution in [2.45, 2.75) is 26.2 Å². The van der Waals surface area contributed by atoms with Crippen molar-refractivity contribution < 1.29 is 0 Å². The Labute approximate surface area is 233 Å². The van der Waals surface area contributed by atoms with Gasteiger partial charge < -0.3 is 0 Å². The molecule has 5 nitrogen and oxygen atoms in total. The first-order chi connectivity index (χ1) is 19.5. The van der Waals surface area contributed by atoms with Crippen LogP contribution in [-0.4, -0.2) is 24.9 Å². The molecule has 3 heterocycles. The van der Waals surface area contributed by atoms with Crippen molar-refractivity contribution in [1.29, 1.82) is 0 Å². The molecule has 6 aromatic rings. The lowest BCUT2D eigenvalue weighted by atomic mass is 9.81. The molecule has 40 heavy (non-hydrogen) atoms. The van der Waals surface area contributed by atoms with Crippen LogP contribution in [0.1, 0.15) is 30.5 Å². The number of fused-ring (bicyclic) bond motifs is 3. The Morgan fingerprint density at radius 2 is 1.07 bits per heavy atom. The molecule has 192 valence electrons. The number of hydrogen-bond acceptors (Lipinski definition) is 5. The van der Waals surface area contributed by atoms with Crippen LogP contribution in [0.4, 0.5) is 0 Å². The summed E-state index contributed by atoms with van der Waals surface area (Å²) in [5, 5.41) is 0. The molecule has 5 heteroatoms. The first-order valence-corrected chi connectivity index (χ1v) is 13.4. The van der Waals surface area contributed by atoms with E-state index >= 15 is 0 Å². The second-order valence-electron chi connectivity index (χ2n) is 10.7. The van der Waals surface area contributed by atoms with Crippen LogP contribution in [0.3, 0.4) is 0 Å². The zero-order valence-electron chi connectivity index (χ0n) is 22.6. The molecule has 3 aromatic carbocycles. The molecule has 0 aliphatic heterocycles. The fourth-order valence-electron chi connectivity index (χ4n) is 5.72. The van der Waals surface area contributed by atoms with Gasteiger partial charge in [-0.3, -0.25) is 9.97 Å². The van der Waals surface area contributed by atoms with Gasteiger partial charge in [0.05, 0.1) is 0 Å². The third kappa shape index (κ3) is 3.98. The summed E-state index contributed by atoms with van der Waals surface area (Å²) in [6, 6.07) is 33.5. The van der Waals surface area contributed by atoms with Crippen molar-refractivity contribution >= 4 is 0 Å². The summed E-state index contributed by atoms with van der Waals surface area (Å²) in [5.74, 6) is 1.64. The van der Waals surface area contributed by atoms with Crippen molar-refractivity contribution in [1.82, 2.24) is 24.9 Å². The monoisotopic (exact) mass is 517 g/mol. The van der Waals surface area contributed by atoms with E-state index in [1.807, 2.05) is 36.4 Å². The van der Waals surface area contributed by atoms with E-state index in [9.17, 15) is 0 Å². The lowest BCUT2D eigenvalue weighted by Gasteiger charge is -2.22. The molecule has 1 aliphatic rings. The molecule has 0 radical (unpaired) electrons. The summed E-state index contributed by atoms with van der Waals surface area (Å²) in [6.07, 6.45) is 3.49. The summed E-state index contributed by atoms with van der Waals surface area (Å²) in [5.41, 5.74) is 11.3. The van der Waals surface area contributed by atoms with Crippen molar-refractivity contribution in [3.8, 4) is 56.7 Å². The lowest BCUT2D eigenvalue weighted by molar-refractivity contribution is 0.660. The molecule has 7 rings (SSSR count). The van der Waals surface area contributed by atoms with Crippen LogP contribution >= 0.6 is 0 Å². The molecule has 0 amide bonds. The highest BCUT2D eigenvalue weighted by Gasteiger charge is 2.35. The van der Waals surface area contributed by atoms with Gasteiger partial charge >= 0.3 is 0 Å². The van der Waals surface area contributed by atoms with Crippen LogP contribution in [0.2, 0.25) is 0 Å². The molecule has 0 unspecified atom stereocenters. The molecule has 3 aromatic heterocycles. The summed E-state index contributed by atoms with van der Waals surface area (Å²) >= 11 is 0. The van der Waals surface area contributed by atoms with E-state index in [4.69, 9.17) is 15.0 Å². The average molecular weight is 518 g/mol. The Balaban J connectivity index is 1.31. The van der Waals surface area contributed by atoms with Crippen LogP contribution in [0.25, 0.3) is 56.7 Å². The summed E-state index contributed by atoms with van der Waals surface area (Å²) in [6.45, 7) is 6.78. The fraction of sp³-hybridized carbons (Fsp3) is 0.114. The minimum atomic E-state index is -0.0373. The number of hydrogen-bond donors (Lipinski definition) is 0. The summed E-state index contributed by atoms with van der Waals surface area (Å²) in [4.78, 5) is 23.3. The molecular formula is C35H27N5. The first-order valence-electron chi connectivity index (χ1n) is 13.4. The maximum atomic E-state index is 4.82. The van der Waals surface area contributed by atoms with Gasteiger partial charge in [-0.1, -0.05) is 74.5 Å². The number of nitrogens with zero attached hydrogens (tertiary/aromatic N) is 5. The van der Waals surface area contributed by atoms with Crippen LogP contribution in [0.15, 0.2) is 109 Å². The molecule has 1 aliphatic carbocycles. The van der Waals surface area contributed by atoms with Crippen LogP contribution in [0.5, 0.6) is 0 Å². The van der Waals surface area contributed by atoms with Crippen LogP contribution in [-0.2, 0) is 5.41 Å². The first kappa shape index (κ1) is 24.0. The Morgan fingerprint density at radius 1 is 0.500 bits per heavy atom. The van der Waals surface area contributed by atoms with Crippen molar-refractivity contribution in [3.63, 3.8) is 0 Å². The van der Waals surface area contributed by atoms with E-state index in [1.54, 1.807) is 12.4 Å². The third-order valence-electron chi connectivity index (χ3n) is 7.80. The van der Waals surface area contributed by atoms with Crippen LogP contribution in [0, 0.1) is 6.92 Å². The van der Waals surface area contributed by atoms with E-state index in [0.29, 0.717) is 28.9 Å². The fourth-order valence-corrected chi connectivity index (χ4v) is 5.72. The predicted octanol–water partition coefficient (Wildman–Crippen LogP) is 7.94. The molecule has 0 saturated carbocycles. The molecular weight excluding hydrogens is 490 g/mol. The van der Waals surface area contributed by atoms with Crippen molar-refractivity contribution in [2.75, 3.05) is 0 Å². The zero-order chi connectivity index (χ0) is 27.3. The molecule has 0 saturated heterocycles. The number of aromatic nitrogens is 5. The normalized spacial score (nSPS) is 13.1. The topological polar surface area (TPSA) is 64.5 Å². The van der Waals surface area contributed by atoms with Gasteiger partial charge in [0.1, 0.15) is 11.4 Å². The lowest BCUT2D eigenvalue weighted by Crippen LogP contribution is -2.14. The third-order valence-corrected chi connectivity index (χ3v) is 7.80. The number of aryl methyl sites for hydroxylation is 1. The van der Waals surface area contributed by atoms with Gasteiger partial charge in [-0.2, -0.15) is 0 Å². The second-order valence-corrected chi connectivity index (χ2v) is 10.7. The van der Waals surface area contributed by atoms with Gasteiger partial charge in [-0.05, 0) is 82.3 Å². The van der Waals surface area contributed by atoms with Crippen LogP contribution < -0.4 is 0 Å². The van der Waals surface area contributed by atoms with Crippen molar-refractivity contribution in [2.24, 2.45) is 0 Å². The SMILES string of the molecule is Cc1cc(-c2nc(-c3ccccn3)nc(-c3ccccn3)n2)ccc1-c1ccc2c(c1)C(C)(C)c1ccccc1-2. The standard InChI is InChI=1S/C35H27N5/c1-22-20-24(32-38-33(30-12-6-8-18-36-30)40-34(39-32)31-13-7-9-19-37-31)15-16-25(22)23-14-17-27-26-10-4-5-11-28(26)35(2,3)29(27)21-23/h4-21H,1-3H3. The van der Waals surface area contributed by atoms with Gasteiger partial charge in [0, 0.05) is 23.4 Å². The Hall–Kier alpha value is -5.03. The van der Waals surface area contributed by atoms with Gasteiger partial charge in [0.15, 0.2) is 17.5 Å².